The molecule has 2 N–H and O–H groups in total. The smallest absolute Gasteiger partial charge is 0.275 e. The van der Waals surface area contributed by atoms with E-state index in [-0.39, 0.29) is 22.0 Å². The molecule has 1 atom stereocenters. The van der Waals surface area contributed by atoms with Crippen LogP contribution in [0.25, 0.3) is 0 Å². The lowest BCUT2D eigenvalue weighted by Crippen LogP contribution is -2.02. The second-order valence-electron chi connectivity index (χ2n) is 4.05. The maximum atomic E-state index is 12.2. The van der Waals surface area contributed by atoms with Gasteiger partial charge in [0.1, 0.15) is 0 Å². The summed E-state index contributed by atoms with van der Waals surface area (Å²) in [5.74, 6) is -0.0140. The average Bonchev–Trinajstić information content (AvgIpc) is 2.41. The van der Waals surface area contributed by atoms with Crippen LogP contribution in [0, 0.1) is 10.1 Å². The average molecular weight is 311 g/mol. The standard InChI is InChI=1S/C13H11ClN2O3S/c14-12-2-1-3-13(16(17)18)11(12)8-20(19)10-6-4-9(15)5-7-10/h1-7H,8,15H2. The van der Waals surface area contributed by atoms with Gasteiger partial charge < -0.3 is 5.73 Å². The first-order valence-corrected chi connectivity index (χ1v) is 7.34. The highest BCUT2D eigenvalue weighted by atomic mass is 35.5. The summed E-state index contributed by atoms with van der Waals surface area (Å²) in [5.41, 5.74) is 6.27. The Bertz CT molecular complexity index is 674. The van der Waals surface area contributed by atoms with Crippen LogP contribution in [0.5, 0.6) is 0 Å². The molecule has 7 heteroatoms. The van der Waals surface area contributed by atoms with Crippen molar-refractivity contribution in [1.82, 2.24) is 0 Å². The Morgan fingerprint density at radius 3 is 2.45 bits per heavy atom. The third-order valence-electron chi connectivity index (χ3n) is 2.71. The van der Waals surface area contributed by atoms with Gasteiger partial charge in [0.15, 0.2) is 0 Å². The summed E-state index contributed by atoms with van der Waals surface area (Å²) in [4.78, 5) is 11.0. The quantitative estimate of drug-likeness (QED) is 0.534. The van der Waals surface area contributed by atoms with Gasteiger partial charge in [0.05, 0.1) is 32.1 Å². The van der Waals surface area contributed by atoms with Crippen molar-refractivity contribution < 1.29 is 9.13 Å². The third-order valence-corrected chi connectivity index (χ3v) is 4.41. The van der Waals surface area contributed by atoms with Crippen LogP contribution in [-0.2, 0) is 16.6 Å². The molecule has 0 saturated carbocycles. The third kappa shape index (κ3) is 3.15. The Morgan fingerprint density at radius 2 is 1.85 bits per heavy atom. The SMILES string of the molecule is Nc1ccc(S(=O)Cc2c(Cl)cccc2[N+](=O)[O-])cc1. The summed E-state index contributed by atoms with van der Waals surface area (Å²) in [6.07, 6.45) is 0. The van der Waals surface area contributed by atoms with Crippen molar-refractivity contribution in [1.29, 1.82) is 0 Å². The molecule has 1 unspecified atom stereocenters. The Balaban J connectivity index is 2.32. The largest absolute Gasteiger partial charge is 0.399 e. The fourth-order valence-electron chi connectivity index (χ4n) is 1.70. The molecule has 2 aromatic carbocycles. The fourth-order valence-corrected chi connectivity index (χ4v) is 3.18. The zero-order valence-corrected chi connectivity index (χ0v) is 11.9. The summed E-state index contributed by atoms with van der Waals surface area (Å²) < 4.78 is 12.2. The molecule has 0 aliphatic heterocycles. The highest BCUT2D eigenvalue weighted by Crippen LogP contribution is 2.28. The number of halogens is 1. The van der Waals surface area contributed by atoms with Crippen LogP contribution in [0.2, 0.25) is 5.02 Å². The Morgan fingerprint density at radius 1 is 1.20 bits per heavy atom. The summed E-state index contributed by atoms with van der Waals surface area (Å²) in [7, 11) is -1.42. The molecule has 20 heavy (non-hydrogen) atoms. The van der Waals surface area contributed by atoms with Crippen LogP contribution in [0.3, 0.4) is 0 Å². The summed E-state index contributed by atoms with van der Waals surface area (Å²) in [6.45, 7) is 0. The molecule has 0 amide bonds. The number of benzene rings is 2. The lowest BCUT2D eigenvalue weighted by atomic mass is 10.2. The van der Waals surface area contributed by atoms with E-state index >= 15 is 0 Å². The number of hydrogen-bond donors (Lipinski definition) is 1. The van der Waals surface area contributed by atoms with Gasteiger partial charge in [-0.1, -0.05) is 17.7 Å². The zero-order valence-electron chi connectivity index (χ0n) is 10.3. The highest BCUT2D eigenvalue weighted by molar-refractivity contribution is 7.84. The van der Waals surface area contributed by atoms with Gasteiger partial charge in [0.25, 0.3) is 5.69 Å². The van der Waals surface area contributed by atoms with Crippen molar-refractivity contribution >= 4 is 33.8 Å². The number of nitro groups is 1. The van der Waals surface area contributed by atoms with E-state index in [1.807, 2.05) is 0 Å². The van der Waals surface area contributed by atoms with Gasteiger partial charge in [-0.25, -0.2) is 0 Å². The number of nitrogens with two attached hydrogens (primary N) is 1. The maximum absolute atomic E-state index is 12.2. The van der Waals surface area contributed by atoms with Crippen molar-refractivity contribution in [2.24, 2.45) is 0 Å². The van der Waals surface area contributed by atoms with E-state index in [1.165, 1.54) is 12.1 Å². The molecule has 0 bridgehead atoms. The molecule has 0 aromatic heterocycles. The molecule has 0 saturated heterocycles. The van der Waals surface area contributed by atoms with E-state index in [1.54, 1.807) is 30.3 Å². The molecule has 2 rings (SSSR count). The highest BCUT2D eigenvalue weighted by Gasteiger charge is 2.19. The molecule has 0 spiro atoms. The first-order chi connectivity index (χ1) is 9.49. The van der Waals surface area contributed by atoms with Gasteiger partial charge in [-0.15, -0.1) is 0 Å². The number of nitro benzene ring substituents is 1. The number of rotatable bonds is 4. The van der Waals surface area contributed by atoms with Gasteiger partial charge >= 0.3 is 0 Å². The normalized spacial score (nSPS) is 12.1. The van der Waals surface area contributed by atoms with Crippen LogP contribution >= 0.6 is 11.6 Å². The second kappa shape index (κ2) is 6.02. The minimum atomic E-state index is -1.42. The molecule has 0 fully saturated rings. The van der Waals surface area contributed by atoms with Gasteiger partial charge in [-0.3, -0.25) is 14.3 Å². The minimum absolute atomic E-state index is 0.0140. The number of nitrogen functional groups attached to an aromatic ring is 1. The predicted molar refractivity (Wildman–Crippen MR) is 79.1 cm³/mol. The second-order valence-corrected chi connectivity index (χ2v) is 5.91. The van der Waals surface area contributed by atoms with Gasteiger partial charge in [0, 0.05) is 16.6 Å². The van der Waals surface area contributed by atoms with Crippen molar-refractivity contribution in [3.05, 3.63) is 63.2 Å². The van der Waals surface area contributed by atoms with Crippen LogP contribution < -0.4 is 5.73 Å². The Labute approximate surface area is 123 Å². The molecular formula is C13H11ClN2O3S. The molecular weight excluding hydrogens is 300 g/mol. The van der Waals surface area contributed by atoms with E-state index in [2.05, 4.69) is 0 Å². The van der Waals surface area contributed by atoms with Gasteiger partial charge in [-0.2, -0.15) is 0 Å². The van der Waals surface area contributed by atoms with E-state index in [9.17, 15) is 14.3 Å². The van der Waals surface area contributed by atoms with Crippen molar-refractivity contribution in [3.63, 3.8) is 0 Å². The van der Waals surface area contributed by atoms with Crippen molar-refractivity contribution in [3.8, 4) is 0 Å². The summed E-state index contributed by atoms with van der Waals surface area (Å²) in [6, 6.07) is 10.9. The van der Waals surface area contributed by atoms with Crippen LogP contribution in [0.4, 0.5) is 11.4 Å². The van der Waals surface area contributed by atoms with Gasteiger partial charge in [0.2, 0.25) is 0 Å². The monoisotopic (exact) mass is 310 g/mol. The molecule has 104 valence electrons. The minimum Gasteiger partial charge on any atom is -0.399 e. The van der Waals surface area contributed by atoms with E-state index in [4.69, 9.17) is 17.3 Å². The summed E-state index contributed by atoms with van der Waals surface area (Å²) in [5, 5.41) is 11.2. The van der Waals surface area contributed by atoms with E-state index < -0.39 is 15.7 Å². The lowest BCUT2D eigenvalue weighted by molar-refractivity contribution is -0.385. The molecule has 0 radical (unpaired) electrons. The number of anilines is 1. The lowest BCUT2D eigenvalue weighted by Gasteiger charge is -2.06. The molecule has 0 aliphatic carbocycles. The van der Waals surface area contributed by atoms with Crippen LogP contribution in [0.15, 0.2) is 47.4 Å². The molecule has 2 aromatic rings. The van der Waals surface area contributed by atoms with Gasteiger partial charge in [-0.05, 0) is 30.3 Å². The molecule has 5 nitrogen and oxygen atoms in total. The fraction of sp³-hybridized carbons (Fsp3) is 0.0769. The zero-order chi connectivity index (χ0) is 14.7. The van der Waals surface area contributed by atoms with Crippen LogP contribution in [0.1, 0.15) is 5.56 Å². The molecule has 0 heterocycles. The maximum Gasteiger partial charge on any atom is 0.275 e. The molecule has 0 aliphatic rings. The van der Waals surface area contributed by atoms with Crippen molar-refractivity contribution in [2.75, 3.05) is 5.73 Å². The number of hydrogen-bond acceptors (Lipinski definition) is 4. The Hall–Kier alpha value is -1.92. The topological polar surface area (TPSA) is 86.2 Å². The van der Waals surface area contributed by atoms with Crippen molar-refractivity contribution in [2.45, 2.75) is 10.6 Å². The first kappa shape index (κ1) is 14.5. The first-order valence-electron chi connectivity index (χ1n) is 5.64. The van der Waals surface area contributed by atoms with E-state index in [0.717, 1.165) is 0 Å². The van der Waals surface area contributed by atoms with E-state index in [0.29, 0.717) is 10.6 Å². The van der Waals surface area contributed by atoms with Crippen LogP contribution in [-0.4, -0.2) is 9.13 Å². The Kier molecular flexibility index (Phi) is 4.36. The summed E-state index contributed by atoms with van der Waals surface area (Å²) >= 11 is 5.97. The predicted octanol–water partition coefficient (Wildman–Crippen LogP) is 3.14. The number of nitrogens with zero attached hydrogens (tertiary/aromatic N) is 1.